The molecule has 5 heteroatoms. The first-order chi connectivity index (χ1) is 7.74. The van der Waals surface area contributed by atoms with E-state index in [2.05, 4.69) is 10.3 Å². The fourth-order valence-corrected chi connectivity index (χ4v) is 1.47. The highest BCUT2D eigenvalue weighted by Crippen LogP contribution is 2.19. The topological polar surface area (TPSA) is 29.9 Å². The predicted octanol–water partition coefficient (Wildman–Crippen LogP) is 2.58. The van der Waals surface area contributed by atoms with Crippen molar-refractivity contribution in [1.82, 2.24) is 9.55 Å². The lowest BCUT2D eigenvalue weighted by molar-refractivity contribution is 0.504. The normalized spacial score (nSPS) is 10.4. The lowest BCUT2D eigenvalue weighted by Gasteiger charge is -2.09. The maximum atomic E-state index is 13.5. The zero-order chi connectivity index (χ0) is 11.5. The number of nitrogens with zero attached hydrogens (tertiary/aromatic N) is 2. The summed E-state index contributed by atoms with van der Waals surface area (Å²) in [6.45, 7) is 2.56. The van der Waals surface area contributed by atoms with E-state index < -0.39 is 11.6 Å². The van der Waals surface area contributed by atoms with Gasteiger partial charge in [-0.2, -0.15) is 0 Å². The molecule has 2 rings (SSSR count). The van der Waals surface area contributed by atoms with Crippen LogP contribution >= 0.6 is 0 Å². The molecule has 2 aromatic rings. The van der Waals surface area contributed by atoms with Gasteiger partial charge in [0, 0.05) is 18.9 Å². The van der Waals surface area contributed by atoms with Gasteiger partial charge in [0.2, 0.25) is 5.95 Å². The van der Waals surface area contributed by atoms with Gasteiger partial charge in [0.15, 0.2) is 11.6 Å². The van der Waals surface area contributed by atoms with Crippen LogP contribution in [0.2, 0.25) is 0 Å². The van der Waals surface area contributed by atoms with E-state index in [-0.39, 0.29) is 5.69 Å². The van der Waals surface area contributed by atoms with Crippen LogP contribution in [0.1, 0.15) is 6.92 Å². The van der Waals surface area contributed by atoms with E-state index >= 15 is 0 Å². The first kappa shape index (κ1) is 10.6. The maximum Gasteiger partial charge on any atom is 0.207 e. The van der Waals surface area contributed by atoms with Crippen molar-refractivity contribution in [1.29, 1.82) is 0 Å². The molecule has 0 atom stereocenters. The second-order valence-corrected chi connectivity index (χ2v) is 3.22. The average molecular weight is 223 g/mol. The van der Waals surface area contributed by atoms with Crippen LogP contribution in [0.15, 0.2) is 30.6 Å². The van der Waals surface area contributed by atoms with E-state index in [1.165, 1.54) is 22.9 Å². The Bertz CT molecular complexity index is 494. The van der Waals surface area contributed by atoms with E-state index in [0.717, 1.165) is 6.07 Å². The molecule has 0 aliphatic carbocycles. The van der Waals surface area contributed by atoms with E-state index in [4.69, 9.17) is 0 Å². The second kappa shape index (κ2) is 4.30. The minimum atomic E-state index is -0.875. The maximum absolute atomic E-state index is 13.5. The molecule has 0 radical (unpaired) electrons. The second-order valence-electron chi connectivity index (χ2n) is 3.22. The number of benzene rings is 1. The molecule has 1 N–H and O–H groups in total. The Kier molecular flexibility index (Phi) is 2.85. The molecule has 0 amide bonds. The van der Waals surface area contributed by atoms with Crippen molar-refractivity contribution in [2.24, 2.45) is 0 Å². The fourth-order valence-electron chi connectivity index (χ4n) is 1.47. The molecule has 0 saturated carbocycles. The molecule has 0 bridgehead atoms. The first-order valence-corrected chi connectivity index (χ1v) is 4.95. The largest absolute Gasteiger partial charge is 0.356 e. The van der Waals surface area contributed by atoms with Gasteiger partial charge in [0.05, 0.1) is 5.69 Å². The van der Waals surface area contributed by atoms with E-state index in [0.29, 0.717) is 12.5 Å². The van der Waals surface area contributed by atoms with E-state index in [1.807, 2.05) is 6.92 Å². The Hall–Kier alpha value is -1.91. The van der Waals surface area contributed by atoms with Crippen molar-refractivity contribution in [3.05, 3.63) is 42.2 Å². The molecule has 0 saturated heterocycles. The minimum absolute atomic E-state index is 0.147. The van der Waals surface area contributed by atoms with Gasteiger partial charge >= 0.3 is 0 Å². The summed E-state index contributed by atoms with van der Waals surface area (Å²) in [6, 6.07) is 4.05. The molecule has 0 unspecified atom stereocenters. The van der Waals surface area contributed by atoms with Gasteiger partial charge in [-0.15, -0.1) is 0 Å². The molecule has 1 aromatic heterocycles. The summed E-state index contributed by atoms with van der Waals surface area (Å²) in [5, 5.41) is 2.96. The minimum Gasteiger partial charge on any atom is -0.356 e. The number of nitrogens with one attached hydrogen (secondary N) is 1. The number of imidazole rings is 1. The van der Waals surface area contributed by atoms with Crippen molar-refractivity contribution >= 4 is 5.95 Å². The molecule has 1 aromatic carbocycles. The van der Waals surface area contributed by atoms with Crippen LogP contribution in [0.25, 0.3) is 5.69 Å². The molecule has 0 aliphatic heterocycles. The summed E-state index contributed by atoms with van der Waals surface area (Å²) >= 11 is 0. The highest BCUT2D eigenvalue weighted by molar-refractivity contribution is 5.42. The molecule has 16 heavy (non-hydrogen) atoms. The monoisotopic (exact) mass is 223 g/mol. The van der Waals surface area contributed by atoms with Crippen molar-refractivity contribution in [2.75, 3.05) is 11.9 Å². The van der Waals surface area contributed by atoms with Crippen LogP contribution in [-0.4, -0.2) is 16.1 Å². The molecule has 3 nitrogen and oxygen atoms in total. The average Bonchev–Trinajstić information content (AvgIpc) is 2.71. The SMILES string of the molecule is CCNc1nccn1-c1cccc(F)c1F. The lowest BCUT2D eigenvalue weighted by atomic mass is 10.3. The highest BCUT2D eigenvalue weighted by Gasteiger charge is 2.11. The molecule has 84 valence electrons. The van der Waals surface area contributed by atoms with Crippen LogP contribution in [0.4, 0.5) is 14.7 Å². The summed E-state index contributed by atoms with van der Waals surface area (Å²) in [5.74, 6) is -1.25. The van der Waals surface area contributed by atoms with E-state index in [9.17, 15) is 8.78 Å². The van der Waals surface area contributed by atoms with Crippen LogP contribution < -0.4 is 5.32 Å². The number of aromatic nitrogens is 2. The van der Waals surface area contributed by atoms with Gasteiger partial charge in [-0.1, -0.05) is 6.07 Å². The van der Waals surface area contributed by atoms with Crippen LogP contribution in [-0.2, 0) is 0 Å². The smallest absolute Gasteiger partial charge is 0.207 e. The van der Waals surface area contributed by atoms with Crippen molar-refractivity contribution in [3.8, 4) is 5.69 Å². The van der Waals surface area contributed by atoms with Crippen molar-refractivity contribution in [3.63, 3.8) is 0 Å². The zero-order valence-corrected chi connectivity index (χ0v) is 8.74. The first-order valence-electron chi connectivity index (χ1n) is 4.95. The standard InChI is InChI=1S/C11H11F2N3/c1-2-14-11-15-6-7-16(11)9-5-3-4-8(12)10(9)13/h3-7H,2H2,1H3,(H,14,15). The zero-order valence-electron chi connectivity index (χ0n) is 8.74. The molecular weight excluding hydrogens is 212 g/mol. The van der Waals surface area contributed by atoms with Crippen LogP contribution in [0, 0.1) is 11.6 Å². The molecule has 0 aliphatic rings. The summed E-state index contributed by atoms with van der Waals surface area (Å²) in [5.41, 5.74) is 0.147. The van der Waals surface area contributed by atoms with Crippen LogP contribution in [0.5, 0.6) is 0 Å². The van der Waals surface area contributed by atoms with Crippen molar-refractivity contribution in [2.45, 2.75) is 6.92 Å². The fraction of sp³-hybridized carbons (Fsp3) is 0.182. The van der Waals surface area contributed by atoms with Gasteiger partial charge in [-0.25, -0.2) is 13.8 Å². The summed E-state index contributed by atoms with van der Waals surface area (Å²) in [4.78, 5) is 4.02. The third-order valence-corrected chi connectivity index (χ3v) is 2.17. The Morgan fingerprint density at radius 2 is 2.19 bits per heavy atom. The molecule has 1 heterocycles. The van der Waals surface area contributed by atoms with Crippen LogP contribution in [0.3, 0.4) is 0 Å². The number of halogens is 2. The lowest BCUT2D eigenvalue weighted by Crippen LogP contribution is -2.06. The van der Waals surface area contributed by atoms with Crippen molar-refractivity contribution < 1.29 is 8.78 Å². The number of hydrogen-bond donors (Lipinski definition) is 1. The number of anilines is 1. The third kappa shape index (κ3) is 1.76. The number of rotatable bonds is 3. The number of hydrogen-bond acceptors (Lipinski definition) is 2. The summed E-state index contributed by atoms with van der Waals surface area (Å²) in [6.07, 6.45) is 3.11. The van der Waals surface area contributed by atoms with Gasteiger partial charge in [-0.05, 0) is 19.1 Å². The van der Waals surface area contributed by atoms with Gasteiger partial charge in [0.1, 0.15) is 0 Å². The van der Waals surface area contributed by atoms with Gasteiger partial charge in [0.25, 0.3) is 0 Å². The van der Waals surface area contributed by atoms with Gasteiger partial charge < -0.3 is 5.32 Å². The Balaban J connectivity index is 2.50. The molecule has 0 spiro atoms. The molecule has 0 fully saturated rings. The quantitative estimate of drug-likeness (QED) is 0.866. The third-order valence-electron chi connectivity index (χ3n) is 2.17. The Morgan fingerprint density at radius 1 is 1.38 bits per heavy atom. The predicted molar refractivity (Wildman–Crippen MR) is 57.6 cm³/mol. The molecular formula is C11H11F2N3. The summed E-state index contributed by atoms with van der Waals surface area (Å²) in [7, 11) is 0. The Morgan fingerprint density at radius 3 is 2.94 bits per heavy atom. The summed E-state index contributed by atoms with van der Waals surface area (Å²) < 4.78 is 28.1. The van der Waals surface area contributed by atoms with Gasteiger partial charge in [-0.3, -0.25) is 4.57 Å². The Labute approximate surface area is 91.7 Å². The highest BCUT2D eigenvalue weighted by atomic mass is 19.2. The van der Waals surface area contributed by atoms with E-state index in [1.54, 1.807) is 6.20 Å².